The van der Waals surface area contributed by atoms with Crippen LogP contribution in [0.4, 0.5) is 0 Å². The van der Waals surface area contributed by atoms with Crippen LogP contribution in [0.15, 0.2) is 60.8 Å². The number of hydrogen-bond donors (Lipinski definition) is 1. The number of hydrogen-bond acceptors (Lipinski definition) is 3. The summed E-state index contributed by atoms with van der Waals surface area (Å²) in [7, 11) is 0. The van der Waals surface area contributed by atoms with Crippen molar-refractivity contribution < 1.29 is 19.4 Å². The summed E-state index contributed by atoms with van der Waals surface area (Å²) in [5, 5.41) is 8.88. The van der Waals surface area contributed by atoms with Gasteiger partial charge in [0, 0.05) is 6.61 Å². The van der Waals surface area contributed by atoms with Gasteiger partial charge in [0.2, 0.25) is 0 Å². The first-order valence-electron chi connectivity index (χ1n) is 10.4. The Labute approximate surface area is 171 Å². The van der Waals surface area contributed by atoms with Gasteiger partial charge < -0.3 is 14.6 Å². The minimum absolute atomic E-state index is 0.330. The van der Waals surface area contributed by atoms with Crippen molar-refractivity contribution in [2.75, 3.05) is 13.2 Å². The van der Waals surface area contributed by atoms with Crippen LogP contribution in [-0.2, 0) is 14.3 Å². The van der Waals surface area contributed by atoms with Gasteiger partial charge in [-0.15, -0.1) is 0 Å². The van der Waals surface area contributed by atoms with Crippen molar-refractivity contribution in [3.63, 3.8) is 0 Å². The van der Waals surface area contributed by atoms with Crippen LogP contribution in [0.25, 0.3) is 0 Å². The number of carbonyl (C=O) groups is 1. The maximum Gasteiger partial charge on any atom is 0.361 e. The first-order chi connectivity index (χ1) is 13.7. The second-order valence-corrected chi connectivity index (χ2v) is 6.20. The molecule has 0 saturated carbocycles. The lowest BCUT2D eigenvalue weighted by molar-refractivity contribution is -0.188. The number of allylic oxidation sites excluding steroid dienone is 10. The number of carboxylic acids is 1. The summed E-state index contributed by atoms with van der Waals surface area (Å²) in [4.78, 5) is 10.8. The molecule has 0 saturated heterocycles. The fourth-order valence-electron chi connectivity index (χ4n) is 2.27. The van der Waals surface area contributed by atoms with Crippen LogP contribution in [0.5, 0.6) is 0 Å². The van der Waals surface area contributed by atoms with Crippen molar-refractivity contribution in [3.8, 4) is 0 Å². The zero-order valence-electron chi connectivity index (χ0n) is 17.6. The number of carboxylic acid groups (broad SMARTS) is 1. The van der Waals surface area contributed by atoms with Crippen molar-refractivity contribution in [1.29, 1.82) is 0 Å². The Bertz CT molecular complexity index is 501. The Morgan fingerprint density at radius 1 is 0.750 bits per heavy atom. The lowest BCUT2D eigenvalue weighted by Gasteiger charge is -2.12. The molecule has 0 heterocycles. The van der Waals surface area contributed by atoms with Crippen molar-refractivity contribution in [1.82, 2.24) is 0 Å². The molecule has 1 N–H and O–H groups in total. The third-order valence-corrected chi connectivity index (χ3v) is 3.71. The van der Waals surface area contributed by atoms with Crippen molar-refractivity contribution in [2.45, 2.75) is 71.5 Å². The lowest BCUT2D eigenvalue weighted by atomic mass is 10.2. The van der Waals surface area contributed by atoms with E-state index in [0.717, 1.165) is 51.4 Å². The molecule has 1 unspecified atom stereocenters. The summed E-state index contributed by atoms with van der Waals surface area (Å²) in [6, 6.07) is 0. The average Bonchev–Trinajstić information content (AvgIpc) is 2.68. The molecule has 4 nitrogen and oxygen atoms in total. The lowest BCUT2D eigenvalue weighted by Crippen LogP contribution is -2.27. The number of aliphatic carboxylic acids is 1. The van der Waals surface area contributed by atoms with Gasteiger partial charge in [-0.25, -0.2) is 4.79 Å². The van der Waals surface area contributed by atoms with Crippen LogP contribution in [0.3, 0.4) is 0 Å². The molecule has 0 aromatic heterocycles. The van der Waals surface area contributed by atoms with Gasteiger partial charge in [0.1, 0.15) is 0 Å². The standard InChI is InChI=1S/C24H38O4/c1-3-5-6-7-8-9-10-11-12-13-14-15-16-17-18-19-20-21-22-28-24(23(25)26)27-4-2/h5-6,8-9,11-12,14-15,17-18,24H,3-4,7,10,13,16,19-22H2,1-2H3,(H,25,26)/b6-5-,9-8-,12-11-,15-14-,18-17-. The summed E-state index contributed by atoms with van der Waals surface area (Å²) in [6.45, 7) is 4.63. The van der Waals surface area contributed by atoms with E-state index in [1.54, 1.807) is 6.92 Å². The predicted octanol–water partition coefficient (Wildman–Crippen LogP) is 6.37. The van der Waals surface area contributed by atoms with Gasteiger partial charge in [-0.05, 0) is 58.3 Å². The van der Waals surface area contributed by atoms with Gasteiger partial charge in [0.25, 0.3) is 6.29 Å². The molecule has 0 radical (unpaired) electrons. The highest BCUT2D eigenvalue weighted by atomic mass is 16.7. The first-order valence-corrected chi connectivity index (χ1v) is 10.4. The topological polar surface area (TPSA) is 55.8 Å². The van der Waals surface area contributed by atoms with Gasteiger partial charge >= 0.3 is 5.97 Å². The van der Waals surface area contributed by atoms with Crippen molar-refractivity contribution >= 4 is 5.97 Å². The summed E-state index contributed by atoms with van der Waals surface area (Å²) >= 11 is 0. The molecule has 0 aromatic carbocycles. The monoisotopic (exact) mass is 390 g/mol. The molecule has 0 amide bonds. The molecule has 0 aromatic rings. The molecule has 28 heavy (non-hydrogen) atoms. The Morgan fingerprint density at radius 3 is 1.71 bits per heavy atom. The largest absolute Gasteiger partial charge is 0.477 e. The number of rotatable bonds is 18. The van der Waals surface area contributed by atoms with Crippen LogP contribution < -0.4 is 0 Å². The maximum absolute atomic E-state index is 10.8. The molecule has 4 heteroatoms. The molecule has 0 aliphatic rings. The Morgan fingerprint density at radius 2 is 1.25 bits per heavy atom. The highest BCUT2D eigenvalue weighted by Crippen LogP contribution is 2.02. The fourth-order valence-corrected chi connectivity index (χ4v) is 2.27. The third kappa shape index (κ3) is 18.9. The predicted molar refractivity (Wildman–Crippen MR) is 117 cm³/mol. The second kappa shape index (κ2) is 21.4. The maximum atomic E-state index is 10.8. The minimum atomic E-state index is -1.14. The van der Waals surface area contributed by atoms with Gasteiger partial charge in [-0.2, -0.15) is 0 Å². The van der Waals surface area contributed by atoms with Gasteiger partial charge in [-0.1, -0.05) is 67.7 Å². The zero-order valence-corrected chi connectivity index (χ0v) is 17.6. The van der Waals surface area contributed by atoms with Crippen molar-refractivity contribution in [3.05, 3.63) is 60.8 Å². The van der Waals surface area contributed by atoms with Crippen LogP contribution in [-0.4, -0.2) is 30.6 Å². The highest BCUT2D eigenvalue weighted by Gasteiger charge is 2.16. The molecule has 0 aliphatic carbocycles. The zero-order chi connectivity index (χ0) is 20.7. The summed E-state index contributed by atoms with van der Waals surface area (Å²) in [6.07, 6.45) is 28.5. The summed E-state index contributed by atoms with van der Waals surface area (Å²) in [5.41, 5.74) is 0. The number of unbranched alkanes of at least 4 members (excludes halogenated alkanes) is 2. The Kier molecular flexibility index (Phi) is 19.9. The minimum Gasteiger partial charge on any atom is -0.477 e. The molecule has 1 atom stereocenters. The third-order valence-electron chi connectivity index (χ3n) is 3.71. The van der Waals surface area contributed by atoms with E-state index >= 15 is 0 Å². The van der Waals surface area contributed by atoms with Crippen LogP contribution in [0, 0.1) is 0 Å². The summed E-state index contributed by atoms with van der Waals surface area (Å²) < 4.78 is 10.2. The molecule has 0 bridgehead atoms. The smallest absolute Gasteiger partial charge is 0.361 e. The van der Waals surface area contributed by atoms with E-state index in [1.807, 2.05) is 0 Å². The molecule has 158 valence electrons. The fraction of sp³-hybridized carbons (Fsp3) is 0.542. The molecule has 0 fully saturated rings. The SMILES string of the molecule is CC/C=C\C/C=C\C/C=C\C/C=C\C/C=C\CCCCOC(OCC)C(=O)O. The number of ether oxygens (including phenoxy) is 2. The van der Waals surface area contributed by atoms with Gasteiger partial charge in [-0.3, -0.25) is 0 Å². The molecular formula is C24H38O4. The summed E-state index contributed by atoms with van der Waals surface area (Å²) in [5.74, 6) is -1.07. The Hall–Kier alpha value is -1.91. The second-order valence-electron chi connectivity index (χ2n) is 6.20. The van der Waals surface area contributed by atoms with E-state index in [9.17, 15) is 4.79 Å². The van der Waals surface area contributed by atoms with Crippen LogP contribution in [0.2, 0.25) is 0 Å². The van der Waals surface area contributed by atoms with E-state index in [0.29, 0.717) is 13.2 Å². The van der Waals surface area contributed by atoms with Crippen molar-refractivity contribution in [2.24, 2.45) is 0 Å². The molecule has 0 rings (SSSR count). The van der Waals surface area contributed by atoms with Crippen LogP contribution in [0.1, 0.15) is 65.2 Å². The highest BCUT2D eigenvalue weighted by molar-refractivity contribution is 5.70. The first kappa shape index (κ1) is 26.1. The normalized spacial score (nSPS) is 13.8. The Balaban J connectivity index is 3.55. The van der Waals surface area contributed by atoms with Gasteiger partial charge in [0.15, 0.2) is 0 Å². The molecular weight excluding hydrogens is 352 g/mol. The molecule has 0 aliphatic heterocycles. The molecule has 0 spiro atoms. The average molecular weight is 391 g/mol. The van der Waals surface area contributed by atoms with Crippen LogP contribution >= 0.6 is 0 Å². The van der Waals surface area contributed by atoms with E-state index in [4.69, 9.17) is 14.6 Å². The van der Waals surface area contributed by atoms with E-state index in [1.165, 1.54) is 0 Å². The van der Waals surface area contributed by atoms with E-state index in [-0.39, 0.29) is 0 Å². The van der Waals surface area contributed by atoms with E-state index in [2.05, 4.69) is 67.7 Å². The van der Waals surface area contributed by atoms with E-state index < -0.39 is 12.3 Å². The quantitative estimate of drug-likeness (QED) is 0.168. The van der Waals surface area contributed by atoms with Gasteiger partial charge in [0.05, 0.1) is 6.61 Å².